The van der Waals surface area contributed by atoms with E-state index >= 15 is 0 Å². The van der Waals surface area contributed by atoms with Crippen LogP contribution in [0.5, 0.6) is 0 Å². The number of allylic oxidation sites excluding steroid dienone is 1. The first-order valence-electron chi connectivity index (χ1n) is 2.09. The molecule has 0 aromatic rings. The molecule has 0 aromatic heterocycles. The van der Waals surface area contributed by atoms with Gasteiger partial charge in [0.25, 0.3) is 0 Å². The zero-order chi connectivity index (χ0) is 9.28. The SMILES string of the molecule is O=C=C(C(F)(F)F)C(F)(F)F. The zero-order valence-electron chi connectivity index (χ0n) is 4.68. The maximum Gasteiger partial charge on any atom is 0.431 e. The summed E-state index contributed by atoms with van der Waals surface area (Å²) < 4.78 is 67.2. The fourth-order valence-electron chi connectivity index (χ4n) is 0.276. The molecule has 0 atom stereocenters. The molecule has 0 aromatic carbocycles. The van der Waals surface area contributed by atoms with Gasteiger partial charge < -0.3 is 0 Å². The highest BCUT2D eigenvalue weighted by Gasteiger charge is 2.52. The zero-order valence-corrected chi connectivity index (χ0v) is 4.68. The van der Waals surface area contributed by atoms with E-state index in [1.165, 1.54) is 0 Å². The number of carbonyl (C=O) groups excluding carboxylic acids is 1. The highest BCUT2D eigenvalue weighted by atomic mass is 19.4. The van der Waals surface area contributed by atoms with Crippen LogP contribution >= 0.6 is 0 Å². The van der Waals surface area contributed by atoms with Crippen molar-refractivity contribution in [3.05, 3.63) is 5.57 Å². The molecule has 0 aliphatic rings. The van der Waals surface area contributed by atoms with Gasteiger partial charge in [0.1, 0.15) is 5.94 Å². The third-order valence-corrected chi connectivity index (χ3v) is 0.669. The van der Waals surface area contributed by atoms with E-state index in [4.69, 9.17) is 0 Å². The van der Waals surface area contributed by atoms with Gasteiger partial charge in [-0.1, -0.05) is 0 Å². The molecule has 0 saturated carbocycles. The Kier molecular flexibility index (Phi) is 2.35. The number of halogens is 6. The van der Waals surface area contributed by atoms with E-state index in [1.807, 2.05) is 0 Å². The minimum absolute atomic E-state index is 0.201. The van der Waals surface area contributed by atoms with Crippen LogP contribution in [0.15, 0.2) is 5.57 Å². The monoisotopic (exact) mass is 178 g/mol. The average Bonchev–Trinajstić information content (AvgIpc) is 1.56. The molecule has 0 bridgehead atoms. The average molecular weight is 178 g/mol. The normalized spacial score (nSPS) is 12.5. The van der Waals surface area contributed by atoms with Gasteiger partial charge in [-0.25, -0.2) is 4.79 Å². The van der Waals surface area contributed by atoms with Crippen molar-refractivity contribution in [1.29, 1.82) is 0 Å². The fourth-order valence-corrected chi connectivity index (χ4v) is 0.276. The van der Waals surface area contributed by atoms with Gasteiger partial charge in [-0.3, -0.25) is 0 Å². The Balaban J connectivity index is 4.90. The second kappa shape index (κ2) is 2.58. The molecular formula is C4F6O. The van der Waals surface area contributed by atoms with Gasteiger partial charge in [0.2, 0.25) is 5.57 Å². The maximum atomic E-state index is 11.2. The van der Waals surface area contributed by atoms with Crippen molar-refractivity contribution in [2.45, 2.75) is 12.4 Å². The lowest BCUT2D eigenvalue weighted by atomic mass is 10.3. The van der Waals surface area contributed by atoms with Crippen molar-refractivity contribution < 1.29 is 31.1 Å². The first-order chi connectivity index (χ1) is 4.69. The minimum Gasteiger partial charge on any atom is -0.233 e. The lowest BCUT2D eigenvalue weighted by Gasteiger charge is -2.09. The molecule has 0 heterocycles. The van der Waals surface area contributed by atoms with E-state index in [9.17, 15) is 31.1 Å². The first kappa shape index (κ1) is 10.0. The van der Waals surface area contributed by atoms with Crippen LogP contribution in [0.3, 0.4) is 0 Å². The molecule has 64 valence electrons. The van der Waals surface area contributed by atoms with Crippen LogP contribution in [0, 0.1) is 0 Å². The molecule has 0 fully saturated rings. The van der Waals surface area contributed by atoms with Gasteiger partial charge in [0.05, 0.1) is 0 Å². The summed E-state index contributed by atoms with van der Waals surface area (Å²) in [5.41, 5.74) is -3.15. The van der Waals surface area contributed by atoms with E-state index in [2.05, 4.69) is 0 Å². The Hall–Kier alpha value is -0.970. The summed E-state index contributed by atoms with van der Waals surface area (Å²) in [6, 6.07) is 0. The quantitative estimate of drug-likeness (QED) is 0.408. The topological polar surface area (TPSA) is 17.1 Å². The van der Waals surface area contributed by atoms with Crippen molar-refractivity contribution in [2.24, 2.45) is 0 Å². The molecular weight excluding hydrogens is 178 g/mol. The lowest BCUT2D eigenvalue weighted by molar-refractivity contribution is -0.169. The molecule has 0 saturated heterocycles. The molecule has 0 N–H and O–H groups in total. The summed E-state index contributed by atoms with van der Waals surface area (Å²) in [4.78, 5) is 9.20. The summed E-state index contributed by atoms with van der Waals surface area (Å²) in [7, 11) is 0. The third-order valence-electron chi connectivity index (χ3n) is 0.669. The summed E-state index contributed by atoms with van der Waals surface area (Å²) in [6.45, 7) is 0. The molecule has 0 unspecified atom stereocenters. The smallest absolute Gasteiger partial charge is 0.233 e. The number of rotatable bonds is 0. The largest absolute Gasteiger partial charge is 0.431 e. The van der Waals surface area contributed by atoms with E-state index < -0.39 is 17.9 Å². The van der Waals surface area contributed by atoms with E-state index in [1.54, 1.807) is 0 Å². The predicted molar refractivity (Wildman–Crippen MR) is 21.3 cm³/mol. The fraction of sp³-hybridized carbons (Fsp3) is 0.500. The Morgan fingerprint density at radius 1 is 0.909 bits per heavy atom. The molecule has 0 spiro atoms. The number of hydrogen-bond donors (Lipinski definition) is 0. The van der Waals surface area contributed by atoms with E-state index in [0.717, 1.165) is 0 Å². The number of alkyl halides is 6. The van der Waals surface area contributed by atoms with Gasteiger partial charge in [0, 0.05) is 0 Å². The Bertz CT molecular complexity index is 176. The number of hydrogen-bond acceptors (Lipinski definition) is 1. The summed E-state index contributed by atoms with van der Waals surface area (Å²) in [5, 5.41) is 0. The van der Waals surface area contributed by atoms with Crippen LogP contribution in [0.25, 0.3) is 0 Å². The summed E-state index contributed by atoms with van der Waals surface area (Å²) in [5.74, 6) is -0.201. The maximum absolute atomic E-state index is 11.2. The Morgan fingerprint density at radius 3 is 1.18 bits per heavy atom. The van der Waals surface area contributed by atoms with Gasteiger partial charge in [0.15, 0.2) is 0 Å². The second-order valence-electron chi connectivity index (χ2n) is 1.47. The van der Waals surface area contributed by atoms with Crippen LogP contribution in [0.2, 0.25) is 0 Å². The molecule has 0 rings (SSSR count). The van der Waals surface area contributed by atoms with Crippen molar-refractivity contribution in [2.75, 3.05) is 0 Å². The van der Waals surface area contributed by atoms with Crippen molar-refractivity contribution in [3.8, 4) is 0 Å². The van der Waals surface area contributed by atoms with Crippen LogP contribution in [0.4, 0.5) is 26.3 Å². The van der Waals surface area contributed by atoms with Gasteiger partial charge in [-0.15, -0.1) is 0 Å². The van der Waals surface area contributed by atoms with Gasteiger partial charge in [-0.2, -0.15) is 26.3 Å². The first-order valence-corrected chi connectivity index (χ1v) is 2.09. The summed E-state index contributed by atoms with van der Waals surface area (Å²) in [6.07, 6.45) is -11.4. The summed E-state index contributed by atoms with van der Waals surface area (Å²) >= 11 is 0. The molecule has 0 radical (unpaired) electrons. The Labute approximate surface area is 56.3 Å². The standard InChI is InChI=1S/C4F6O/c5-3(6,7)2(1-11)4(8,9)10. The van der Waals surface area contributed by atoms with Gasteiger partial charge >= 0.3 is 12.4 Å². The third kappa shape index (κ3) is 2.63. The molecule has 7 heteroatoms. The van der Waals surface area contributed by atoms with Gasteiger partial charge in [-0.05, 0) is 0 Å². The highest BCUT2D eigenvalue weighted by Crippen LogP contribution is 2.36. The highest BCUT2D eigenvalue weighted by molar-refractivity contribution is 5.56. The molecule has 0 aliphatic carbocycles. The van der Waals surface area contributed by atoms with E-state index in [-0.39, 0.29) is 5.94 Å². The van der Waals surface area contributed by atoms with Crippen LogP contribution in [-0.4, -0.2) is 18.3 Å². The second-order valence-corrected chi connectivity index (χ2v) is 1.47. The van der Waals surface area contributed by atoms with Crippen molar-refractivity contribution in [3.63, 3.8) is 0 Å². The van der Waals surface area contributed by atoms with Crippen molar-refractivity contribution in [1.82, 2.24) is 0 Å². The van der Waals surface area contributed by atoms with Crippen LogP contribution in [-0.2, 0) is 4.79 Å². The van der Waals surface area contributed by atoms with Crippen LogP contribution in [0.1, 0.15) is 0 Å². The molecule has 0 aliphatic heterocycles. The Morgan fingerprint density at radius 2 is 1.18 bits per heavy atom. The molecule has 0 amide bonds. The molecule has 11 heavy (non-hydrogen) atoms. The van der Waals surface area contributed by atoms with E-state index in [0.29, 0.717) is 0 Å². The lowest BCUT2D eigenvalue weighted by Crippen LogP contribution is -2.26. The molecule has 1 nitrogen and oxygen atoms in total. The minimum atomic E-state index is -5.68. The van der Waals surface area contributed by atoms with Crippen LogP contribution < -0.4 is 0 Å². The predicted octanol–water partition coefficient (Wildman–Crippen LogP) is 1.87. The van der Waals surface area contributed by atoms with Crippen molar-refractivity contribution >= 4 is 5.94 Å².